The van der Waals surface area contributed by atoms with E-state index < -0.39 is 6.36 Å². The van der Waals surface area contributed by atoms with Crippen LogP contribution in [0.2, 0.25) is 0 Å². The Hall–Kier alpha value is -2.83. The molecule has 2 aromatic rings. The molecule has 0 saturated heterocycles. The number of carbonyl (C=O) groups excluding carboxylic acids is 1. The van der Waals surface area contributed by atoms with Crippen molar-refractivity contribution < 1.29 is 22.7 Å². The van der Waals surface area contributed by atoms with Crippen molar-refractivity contribution in [1.82, 2.24) is 0 Å². The van der Waals surface area contributed by atoms with Crippen LogP contribution in [0.3, 0.4) is 0 Å². The molecule has 0 unspecified atom stereocenters. The average Bonchev–Trinajstić information content (AvgIpc) is 3.04. The molecule has 24 heavy (non-hydrogen) atoms. The summed E-state index contributed by atoms with van der Waals surface area (Å²) in [5.41, 5.74) is 3.06. The highest BCUT2D eigenvalue weighted by molar-refractivity contribution is 6.03. The standard InChI is InChI=1S/C17H13F3N2O2/c18-17(19,20)24-15-7-5-14(6-8-15)22-10-9-16(21-22)13-3-1-12(11-23)2-4-13/h1-8,11H,9-10H2. The van der Waals surface area contributed by atoms with Crippen LogP contribution >= 0.6 is 0 Å². The predicted octanol–water partition coefficient (Wildman–Crippen LogP) is 4.01. The van der Waals surface area contributed by atoms with Crippen molar-refractivity contribution in [3.05, 3.63) is 59.7 Å². The Morgan fingerprint density at radius 3 is 2.29 bits per heavy atom. The summed E-state index contributed by atoms with van der Waals surface area (Å²) >= 11 is 0. The number of anilines is 1. The number of rotatable bonds is 4. The van der Waals surface area contributed by atoms with Crippen molar-refractivity contribution in [2.75, 3.05) is 11.6 Å². The van der Waals surface area contributed by atoms with Gasteiger partial charge in [-0.05, 0) is 29.8 Å². The number of alkyl halides is 3. The Kier molecular flexibility index (Phi) is 4.24. The molecule has 0 fully saturated rings. The zero-order chi connectivity index (χ0) is 17.2. The van der Waals surface area contributed by atoms with Gasteiger partial charge in [0.2, 0.25) is 0 Å². The summed E-state index contributed by atoms with van der Waals surface area (Å²) < 4.78 is 40.3. The van der Waals surface area contributed by atoms with E-state index in [0.717, 1.165) is 17.6 Å². The van der Waals surface area contributed by atoms with Gasteiger partial charge in [-0.15, -0.1) is 13.2 Å². The van der Waals surface area contributed by atoms with Crippen molar-refractivity contribution in [2.45, 2.75) is 12.8 Å². The smallest absolute Gasteiger partial charge is 0.406 e. The zero-order valence-electron chi connectivity index (χ0n) is 12.5. The Morgan fingerprint density at radius 2 is 1.71 bits per heavy atom. The molecule has 1 heterocycles. The largest absolute Gasteiger partial charge is 0.573 e. The van der Waals surface area contributed by atoms with Crippen LogP contribution in [0, 0.1) is 0 Å². The van der Waals surface area contributed by atoms with Crippen LogP contribution in [-0.2, 0) is 0 Å². The number of carbonyl (C=O) groups is 1. The fourth-order valence-corrected chi connectivity index (χ4v) is 2.42. The molecule has 1 aliphatic rings. The monoisotopic (exact) mass is 334 g/mol. The van der Waals surface area contributed by atoms with Crippen LogP contribution in [0.25, 0.3) is 0 Å². The third-order valence-corrected chi connectivity index (χ3v) is 3.55. The van der Waals surface area contributed by atoms with Crippen LogP contribution in [0.15, 0.2) is 53.6 Å². The molecular formula is C17H13F3N2O2. The lowest BCUT2D eigenvalue weighted by atomic mass is 10.1. The average molecular weight is 334 g/mol. The maximum Gasteiger partial charge on any atom is 0.573 e. The topological polar surface area (TPSA) is 41.9 Å². The van der Waals surface area contributed by atoms with E-state index in [1.165, 1.54) is 24.3 Å². The van der Waals surface area contributed by atoms with E-state index in [1.54, 1.807) is 17.1 Å². The molecule has 3 rings (SSSR count). The number of nitrogens with zero attached hydrogens (tertiary/aromatic N) is 2. The summed E-state index contributed by atoms with van der Waals surface area (Å²) in [6.07, 6.45) is -3.22. The number of hydrogen-bond donors (Lipinski definition) is 0. The summed E-state index contributed by atoms with van der Waals surface area (Å²) in [5, 5.41) is 6.21. The molecule has 0 aromatic heterocycles. The van der Waals surface area contributed by atoms with Gasteiger partial charge in [0.05, 0.1) is 11.4 Å². The molecule has 0 N–H and O–H groups in total. The predicted molar refractivity (Wildman–Crippen MR) is 83.5 cm³/mol. The minimum atomic E-state index is -4.70. The van der Waals surface area contributed by atoms with Gasteiger partial charge in [-0.25, -0.2) is 0 Å². The molecule has 0 atom stereocenters. The van der Waals surface area contributed by atoms with E-state index in [9.17, 15) is 18.0 Å². The Balaban J connectivity index is 1.74. The normalized spacial score (nSPS) is 14.5. The second-order valence-corrected chi connectivity index (χ2v) is 5.20. The van der Waals surface area contributed by atoms with Gasteiger partial charge in [0.1, 0.15) is 12.0 Å². The quantitative estimate of drug-likeness (QED) is 0.793. The summed E-state index contributed by atoms with van der Waals surface area (Å²) in [5.74, 6) is -0.265. The van der Waals surface area contributed by atoms with Gasteiger partial charge in [0.25, 0.3) is 0 Å². The molecule has 4 nitrogen and oxygen atoms in total. The first-order chi connectivity index (χ1) is 11.4. The number of halogens is 3. The second-order valence-electron chi connectivity index (χ2n) is 5.20. The minimum absolute atomic E-state index is 0.265. The highest BCUT2D eigenvalue weighted by Crippen LogP contribution is 2.27. The molecular weight excluding hydrogens is 321 g/mol. The highest BCUT2D eigenvalue weighted by atomic mass is 19.4. The number of ether oxygens (including phenoxy) is 1. The summed E-state index contributed by atoms with van der Waals surface area (Å²) in [6.45, 7) is 0.629. The molecule has 0 saturated carbocycles. The molecule has 0 spiro atoms. The number of hydrazone groups is 1. The van der Waals surface area contributed by atoms with Gasteiger partial charge < -0.3 is 4.74 Å². The highest BCUT2D eigenvalue weighted by Gasteiger charge is 2.31. The van der Waals surface area contributed by atoms with Crippen molar-refractivity contribution >= 4 is 17.7 Å². The lowest BCUT2D eigenvalue weighted by Gasteiger charge is -2.14. The lowest BCUT2D eigenvalue weighted by Crippen LogP contribution is -2.17. The van der Waals surface area contributed by atoms with E-state index in [1.807, 2.05) is 12.1 Å². The SMILES string of the molecule is O=Cc1ccc(C2=NN(c3ccc(OC(F)(F)F)cc3)CC2)cc1. The van der Waals surface area contributed by atoms with Crippen LogP contribution in [-0.4, -0.2) is 24.9 Å². The zero-order valence-corrected chi connectivity index (χ0v) is 12.5. The molecule has 124 valence electrons. The van der Waals surface area contributed by atoms with Crippen molar-refractivity contribution in [3.63, 3.8) is 0 Å². The number of hydrogen-bond acceptors (Lipinski definition) is 4. The minimum Gasteiger partial charge on any atom is -0.406 e. The van der Waals surface area contributed by atoms with Gasteiger partial charge >= 0.3 is 6.36 Å². The third-order valence-electron chi connectivity index (χ3n) is 3.55. The van der Waals surface area contributed by atoms with Crippen LogP contribution in [0.5, 0.6) is 5.75 Å². The fourth-order valence-electron chi connectivity index (χ4n) is 2.42. The van der Waals surface area contributed by atoms with Crippen LogP contribution in [0.4, 0.5) is 18.9 Å². The molecule has 2 aromatic carbocycles. The Bertz CT molecular complexity index is 753. The number of benzene rings is 2. The maximum absolute atomic E-state index is 12.2. The fraction of sp³-hybridized carbons (Fsp3) is 0.176. The van der Waals surface area contributed by atoms with E-state index in [4.69, 9.17) is 0 Å². The molecule has 0 bridgehead atoms. The van der Waals surface area contributed by atoms with Crippen LogP contribution < -0.4 is 9.75 Å². The van der Waals surface area contributed by atoms with E-state index >= 15 is 0 Å². The molecule has 0 aliphatic carbocycles. The van der Waals surface area contributed by atoms with Crippen molar-refractivity contribution in [3.8, 4) is 5.75 Å². The molecule has 0 amide bonds. The summed E-state index contributed by atoms with van der Waals surface area (Å²) in [6, 6.07) is 12.7. The van der Waals surface area contributed by atoms with E-state index in [0.29, 0.717) is 24.2 Å². The first kappa shape index (κ1) is 16.0. The van der Waals surface area contributed by atoms with Gasteiger partial charge in [0.15, 0.2) is 0 Å². The maximum atomic E-state index is 12.2. The first-order valence-electron chi connectivity index (χ1n) is 7.21. The van der Waals surface area contributed by atoms with Gasteiger partial charge in [-0.1, -0.05) is 24.3 Å². The van der Waals surface area contributed by atoms with Crippen LogP contribution in [0.1, 0.15) is 22.3 Å². The number of aldehydes is 1. The third kappa shape index (κ3) is 3.73. The summed E-state index contributed by atoms with van der Waals surface area (Å²) in [4.78, 5) is 10.7. The second kappa shape index (κ2) is 6.35. The molecule has 7 heteroatoms. The summed E-state index contributed by atoms with van der Waals surface area (Å²) in [7, 11) is 0. The van der Waals surface area contributed by atoms with Gasteiger partial charge in [-0.3, -0.25) is 9.80 Å². The first-order valence-corrected chi connectivity index (χ1v) is 7.21. The molecule has 0 radical (unpaired) electrons. The Morgan fingerprint density at radius 1 is 1.04 bits per heavy atom. The molecule has 1 aliphatic heterocycles. The van der Waals surface area contributed by atoms with Crippen molar-refractivity contribution in [1.29, 1.82) is 0 Å². The van der Waals surface area contributed by atoms with Crippen molar-refractivity contribution in [2.24, 2.45) is 5.10 Å². The van der Waals surface area contributed by atoms with Gasteiger partial charge in [-0.2, -0.15) is 5.10 Å². The Labute approximate surface area is 136 Å². The van der Waals surface area contributed by atoms with E-state index in [2.05, 4.69) is 9.84 Å². The van der Waals surface area contributed by atoms with Gasteiger partial charge in [0, 0.05) is 18.5 Å². The van der Waals surface area contributed by atoms with E-state index in [-0.39, 0.29) is 5.75 Å². The lowest BCUT2D eigenvalue weighted by molar-refractivity contribution is -0.274.